The molecular formula is C59H98O6. The molecule has 6 nitrogen and oxygen atoms in total. The molecule has 0 aromatic rings. The third kappa shape index (κ3) is 51.2. The van der Waals surface area contributed by atoms with Crippen molar-refractivity contribution in [1.82, 2.24) is 0 Å². The van der Waals surface area contributed by atoms with Crippen LogP contribution in [0.2, 0.25) is 0 Å². The van der Waals surface area contributed by atoms with Crippen LogP contribution in [0.15, 0.2) is 97.2 Å². The molecule has 0 N–H and O–H groups in total. The Kier molecular flexibility index (Phi) is 50.0. The van der Waals surface area contributed by atoms with Crippen LogP contribution in [-0.4, -0.2) is 37.2 Å². The highest BCUT2D eigenvalue weighted by atomic mass is 16.6. The smallest absolute Gasteiger partial charge is 0.306 e. The molecule has 0 aromatic heterocycles. The fourth-order valence-corrected chi connectivity index (χ4v) is 7.05. The van der Waals surface area contributed by atoms with Gasteiger partial charge in [0.15, 0.2) is 6.10 Å². The minimum Gasteiger partial charge on any atom is -0.462 e. The summed E-state index contributed by atoms with van der Waals surface area (Å²) in [6.45, 7) is 6.42. The van der Waals surface area contributed by atoms with E-state index in [1.807, 2.05) is 0 Å². The van der Waals surface area contributed by atoms with Crippen molar-refractivity contribution in [1.29, 1.82) is 0 Å². The van der Waals surface area contributed by atoms with E-state index in [1.54, 1.807) is 0 Å². The van der Waals surface area contributed by atoms with Gasteiger partial charge in [-0.2, -0.15) is 0 Å². The van der Waals surface area contributed by atoms with Gasteiger partial charge < -0.3 is 14.2 Å². The number of hydrogen-bond donors (Lipinski definition) is 0. The summed E-state index contributed by atoms with van der Waals surface area (Å²) < 4.78 is 16.7. The summed E-state index contributed by atoms with van der Waals surface area (Å²) in [6.07, 6.45) is 69.7. The number of rotatable bonds is 47. The number of esters is 3. The standard InChI is InChI=1S/C59H98O6/c1-4-7-10-13-16-19-22-25-27-29-31-32-34-37-40-43-46-49-52-58(61)64-55-56(54-63-57(60)51-48-45-42-39-36-24-21-18-15-12-9-6-3)65-59(62)53-50-47-44-41-38-35-33-30-28-26-23-20-17-14-11-8-5-2/h9,12,17-18,20-21,26-29,31-33,35,41,44,56H,4-8,10-11,13-16,19,22-25,30,34,36-40,42-43,45-55H2,1-3H3/b12-9-,20-17-,21-18-,28-26-,29-27-,32-31-,35-33-,44-41-. The summed E-state index contributed by atoms with van der Waals surface area (Å²) in [6, 6.07) is 0. The van der Waals surface area contributed by atoms with E-state index >= 15 is 0 Å². The quantitative estimate of drug-likeness (QED) is 0.0199. The van der Waals surface area contributed by atoms with E-state index < -0.39 is 6.10 Å². The van der Waals surface area contributed by atoms with Gasteiger partial charge in [-0.25, -0.2) is 0 Å². The molecule has 0 saturated carbocycles. The van der Waals surface area contributed by atoms with Crippen LogP contribution < -0.4 is 0 Å². The zero-order valence-corrected chi connectivity index (χ0v) is 42.2. The van der Waals surface area contributed by atoms with Gasteiger partial charge in [-0.05, 0) is 109 Å². The summed E-state index contributed by atoms with van der Waals surface area (Å²) >= 11 is 0. The van der Waals surface area contributed by atoms with Gasteiger partial charge in [-0.3, -0.25) is 14.4 Å². The van der Waals surface area contributed by atoms with Crippen LogP contribution in [0.4, 0.5) is 0 Å². The topological polar surface area (TPSA) is 78.9 Å². The van der Waals surface area contributed by atoms with Crippen molar-refractivity contribution in [2.24, 2.45) is 0 Å². The molecule has 6 heteroatoms. The highest BCUT2D eigenvalue weighted by Gasteiger charge is 2.19. The Bertz CT molecular complexity index is 1310. The van der Waals surface area contributed by atoms with E-state index in [1.165, 1.54) is 77.0 Å². The summed E-state index contributed by atoms with van der Waals surface area (Å²) in [4.78, 5) is 38.0. The Labute approximate surface area is 400 Å². The van der Waals surface area contributed by atoms with Crippen LogP contribution in [0, 0.1) is 0 Å². The van der Waals surface area contributed by atoms with Crippen LogP contribution in [-0.2, 0) is 28.6 Å². The maximum atomic E-state index is 12.8. The number of carbonyl (C=O) groups excluding carboxylic acids is 3. The zero-order chi connectivity index (χ0) is 47.2. The van der Waals surface area contributed by atoms with Crippen LogP contribution in [0.5, 0.6) is 0 Å². The molecule has 0 amide bonds. The first-order chi connectivity index (χ1) is 32.0. The lowest BCUT2D eigenvalue weighted by molar-refractivity contribution is -0.167. The molecule has 0 heterocycles. The van der Waals surface area contributed by atoms with Crippen molar-refractivity contribution >= 4 is 17.9 Å². The van der Waals surface area contributed by atoms with E-state index in [-0.39, 0.29) is 37.5 Å². The van der Waals surface area contributed by atoms with Gasteiger partial charge in [0.1, 0.15) is 13.2 Å². The lowest BCUT2D eigenvalue weighted by Gasteiger charge is -2.18. The van der Waals surface area contributed by atoms with Crippen LogP contribution >= 0.6 is 0 Å². The highest BCUT2D eigenvalue weighted by Crippen LogP contribution is 2.13. The first kappa shape index (κ1) is 61.3. The molecule has 0 rings (SSSR count). The minimum absolute atomic E-state index is 0.113. The highest BCUT2D eigenvalue weighted by molar-refractivity contribution is 5.71. The lowest BCUT2D eigenvalue weighted by Crippen LogP contribution is -2.30. The monoisotopic (exact) mass is 903 g/mol. The van der Waals surface area contributed by atoms with Gasteiger partial charge in [0.2, 0.25) is 0 Å². The molecule has 0 aliphatic carbocycles. The first-order valence-corrected chi connectivity index (χ1v) is 26.8. The fraction of sp³-hybridized carbons (Fsp3) is 0.678. The van der Waals surface area contributed by atoms with E-state index in [9.17, 15) is 14.4 Å². The van der Waals surface area contributed by atoms with E-state index in [4.69, 9.17) is 14.2 Å². The summed E-state index contributed by atoms with van der Waals surface area (Å²) in [5.74, 6) is -1.00. The van der Waals surface area contributed by atoms with E-state index in [0.717, 1.165) is 116 Å². The molecule has 0 fully saturated rings. The second-order valence-electron chi connectivity index (χ2n) is 17.4. The Morgan fingerprint density at radius 1 is 0.338 bits per heavy atom. The second-order valence-corrected chi connectivity index (χ2v) is 17.4. The Morgan fingerprint density at radius 2 is 0.662 bits per heavy atom. The number of allylic oxidation sites excluding steroid dienone is 16. The SMILES string of the molecule is CC/C=C\C/C=C\CCCCCCCC(=O)OCC(COC(=O)CCCCCCC/C=C\C=C/CCCCCCCCC)OC(=O)CCC/C=C\C/C=C\C/C=C\C/C=C\CCCCC. The van der Waals surface area contributed by atoms with Gasteiger partial charge in [0.05, 0.1) is 0 Å². The van der Waals surface area contributed by atoms with Crippen LogP contribution in [0.3, 0.4) is 0 Å². The predicted molar refractivity (Wildman–Crippen MR) is 279 cm³/mol. The van der Waals surface area contributed by atoms with E-state index in [2.05, 4.69) is 118 Å². The normalized spacial score (nSPS) is 12.8. The molecule has 1 unspecified atom stereocenters. The molecule has 65 heavy (non-hydrogen) atoms. The summed E-state index contributed by atoms with van der Waals surface area (Å²) in [7, 11) is 0. The van der Waals surface area contributed by atoms with Gasteiger partial charge in [-0.1, -0.05) is 208 Å². The van der Waals surface area contributed by atoms with Crippen LogP contribution in [0.25, 0.3) is 0 Å². The fourth-order valence-electron chi connectivity index (χ4n) is 7.05. The minimum atomic E-state index is -0.819. The maximum Gasteiger partial charge on any atom is 0.306 e. The molecule has 0 aliphatic heterocycles. The Hall–Kier alpha value is -3.67. The molecule has 370 valence electrons. The van der Waals surface area contributed by atoms with Gasteiger partial charge in [0, 0.05) is 19.3 Å². The third-order valence-corrected chi connectivity index (χ3v) is 11.1. The molecule has 0 bridgehead atoms. The average molecular weight is 903 g/mol. The van der Waals surface area contributed by atoms with Crippen molar-refractivity contribution < 1.29 is 28.6 Å². The van der Waals surface area contributed by atoms with Crippen molar-refractivity contribution in [3.63, 3.8) is 0 Å². The van der Waals surface area contributed by atoms with Crippen molar-refractivity contribution in [2.75, 3.05) is 13.2 Å². The van der Waals surface area contributed by atoms with E-state index in [0.29, 0.717) is 19.3 Å². The molecule has 1 atom stereocenters. The predicted octanol–water partition coefficient (Wildman–Crippen LogP) is 17.8. The average Bonchev–Trinajstić information content (AvgIpc) is 3.30. The van der Waals surface area contributed by atoms with Gasteiger partial charge in [0.25, 0.3) is 0 Å². The van der Waals surface area contributed by atoms with Gasteiger partial charge in [-0.15, -0.1) is 0 Å². The molecule has 0 spiro atoms. The summed E-state index contributed by atoms with van der Waals surface area (Å²) in [5.41, 5.74) is 0. The molecule has 0 radical (unpaired) electrons. The molecular weight excluding hydrogens is 805 g/mol. The summed E-state index contributed by atoms with van der Waals surface area (Å²) in [5, 5.41) is 0. The molecule has 0 aliphatic rings. The van der Waals surface area contributed by atoms with Crippen molar-refractivity contribution in [2.45, 2.75) is 245 Å². The number of carbonyl (C=O) groups is 3. The number of unbranched alkanes of at least 4 members (excludes halogenated alkanes) is 21. The zero-order valence-electron chi connectivity index (χ0n) is 42.2. The molecule has 0 aromatic carbocycles. The number of ether oxygens (including phenoxy) is 3. The Morgan fingerprint density at radius 3 is 1.11 bits per heavy atom. The second kappa shape index (κ2) is 52.9. The lowest BCUT2D eigenvalue weighted by atomic mass is 10.1. The largest absolute Gasteiger partial charge is 0.462 e. The van der Waals surface area contributed by atoms with Crippen LogP contribution in [0.1, 0.15) is 239 Å². The first-order valence-electron chi connectivity index (χ1n) is 26.8. The third-order valence-electron chi connectivity index (χ3n) is 11.1. The molecule has 0 saturated heterocycles. The van der Waals surface area contributed by atoms with Crippen molar-refractivity contribution in [3.05, 3.63) is 97.2 Å². The number of hydrogen-bond acceptors (Lipinski definition) is 6. The van der Waals surface area contributed by atoms with Gasteiger partial charge >= 0.3 is 17.9 Å². The maximum absolute atomic E-state index is 12.8. The van der Waals surface area contributed by atoms with Crippen molar-refractivity contribution in [3.8, 4) is 0 Å². The Balaban J connectivity index is 4.51.